The van der Waals surface area contributed by atoms with Crippen LogP contribution in [0.5, 0.6) is 0 Å². The molecule has 1 nitrogen and oxygen atoms in total. The molecule has 2 heteroatoms. The zero-order valence-electron chi connectivity index (χ0n) is 12.4. The van der Waals surface area contributed by atoms with Gasteiger partial charge in [-0.2, -0.15) is 0 Å². The Bertz CT molecular complexity index is 341. The zero-order valence-corrected chi connectivity index (χ0v) is 13.2. The van der Waals surface area contributed by atoms with Crippen molar-refractivity contribution in [3.8, 4) is 0 Å². The molecule has 1 N–H and O–H groups in total. The van der Waals surface area contributed by atoms with Gasteiger partial charge in [0, 0.05) is 11.4 Å². The van der Waals surface area contributed by atoms with Crippen LogP contribution in [-0.2, 0) is 0 Å². The van der Waals surface area contributed by atoms with Crippen molar-refractivity contribution in [3.63, 3.8) is 0 Å². The maximum absolute atomic E-state index is 3.50. The molecule has 0 spiro atoms. The summed E-state index contributed by atoms with van der Waals surface area (Å²) in [6.07, 6.45) is 2.59. The second-order valence-electron chi connectivity index (χ2n) is 6.33. The number of aryl methyl sites for hydroxylation is 1. The van der Waals surface area contributed by atoms with Crippen LogP contribution in [0.2, 0.25) is 0 Å². The van der Waals surface area contributed by atoms with Gasteiger partial charge in [-0.05, 0) is 48.8 Å². The van der Waals surface area contributed by atoms with Gasteiger partial charge in [-0.3, -0.25) is 4.72 Å². The summed E-state index contributed by atoms with van der Waals surface area (Å²) in [7, 11) is 0. The first-order valence-corrected chi connectivity index (χ1v) is 7.67. The van der Waals surface area contributed by atoms with Crippen molar-refractivity contribution in [2.24, 2.45) is 11.3 Å². The van der Waals surface area contributed by atoms with Gasteiger partial charge in [0.25, 0.3) is 0 Å². The third-order valence-electron chi connectivity index (χ3n) is 3.16. The molecule has 0 bridgehead atoms. The normalized spacial score (nSPS) is 12.1. The van der Waals surface area contributed by atoms with E-state index in [1.54, 1.807) is 11.9 Å². The van der Waals surface area contributed by atoms with Crippen molar-refractivity contribution in [2.75, 3.05) is 6.54 Å². The largest absolute Gasteiger partial charge is 0.259 e. The maximum Gasteiger partial charge on any atom is 0.0228 e. The van der Waals surface area contributed by atoms with Gasteiger partial charge in [0.05, 0.1) is 0 Å². The van der Waals surface area contributed by atoms with Gasteiger partial charge in [0.15, 0.2) is 0 Å². The van der Waals surface area contributed by atoms with Crippen LogP contribution >= 0.6 is 11.9 Å². The minimum atomic E-state index is 0.377. The van der Waals surface area contributed by atoms with Crippen LogP contribution in [0.1, 0.15) is 46.1 Å². The highest BCUT2D eigenvalue weighted by Crippen LogP contribution is 2.25. The fourth-order valence-corrected chi connectivity index (χ4v) is 2.59. The van der Waals surface area contributed by atoms with E-state index in [2.05, 4.69) is 63.6 Å². The van der Waals surface area contributed by atoms with Gasteiger partial charge in [-0.25, -0.2) is 0 Å². The molecule has 18 heavy (non-hydrogen) atoms. The molecule has 1 rings (SSSR count). The van der Waals surface area contributed by atoms with Crippen LogP contribution < -0.4 is 4.72 Å². The number of rotatable bonds is 7. The molecule has 0 saturated carbocycles. The molecule has 0 unspecified atom stereocenters. The predicted molar refractivity (Wildman–Crippen MR) is 82.9 cm³/mol. The van der Waals surface area contributed by atoms with Crippen LogP contribution in [0.25, 0.3) is 0 Å². The zero-order chi connectivity index (χ0) is 13.6. The smallest absolute Gasteiger partial charge is 0.0228 e. The van der Waals surface area contributed by atoms with Crippen LogP contribution in [0, 0.1) is 18.3 Å². The Morgan fingerprint density at radius 1 is 1.17 bits per heavy atom. The standard InChI is InChI=1S/C16H27NS/c1-13(2)10-11-16(4,5)12-17-18-15-8-6-14(3)7-9-15/h6-9,13,17H,10-12H2,1-5H3. The summed E-state index contributed by atoms with van der Waals surface area (Å²) in [4.78, 5) is 1.29. The van der Waals surface area contributed by atoms with Crippen molar-refractivity contribution in [1.82, 2.24) is 4.72 Å². The molecule has 1 aromatic carbocycles. The van der Waals surface area contributed by atoms with Gasteiger partial charge < -0.3 is 0 Å². The fraction of sp³-hybridized carbons (Fsp3) is 0.625. The summed E-state index contributed by atoms with van der Waals surface area (Å²) < 4.78 is 3.50. The lowest BCUT2D eigenvalue weighted by molar-refractivity contribution is 0.307. The van der Waals surface area contributed by atoms with Gasteiger partial charge in [-0.15, -0.1) is 0 Å². The van der Waals surface area contributed by atoms with Crippen molar-refractivity contribution >= 4 is 11.9 Å². The van der Waals surface area contributed by atoms with E-state index in [4.69, 9.17) is 0 Å². The highest BCUT2D eigenvalue weighted by Gasteiger charge is 2.17. The van der Waals surface area contributed by atoms with Crippen molar-refractivity contribution < 1.29 is 0 Å². The van der Waals surface area contributed by atoms with Crippen molar-refractivity contribution in [1.29, 1.82) is 0 Å². The van der Waals surface area contributed by atoms with Gasteiger partial charge >= 0.3 is 0 Å². The van der Waals surface area contributed by atoms with Crippen LogP contribution in [-0.4, -0.2) is 6.54 Å². The van der Waals surface area contributed by atoms with E-state index >= 15 is 0 Å². The van der Waals surface area contributed by atoms with Crippen LogP contribution in [0.15, 0.2) is 29.2 Å². The summed E-state index contributed by atoms with van der Waals surface area (Å²) in [6.45, 7) is 12.5. The second kappa shape index (κ2) is 7.20. The molecule has 0 saturated heterocycles. The molecule has 0 radical (unpaired) electrons. The lowest BCUT2D eigenvalue weighted by Crippen LogP contribution is -2.25. The van der Waals surface area contributed by atoms with E-state index in [1.165, 1.54) is 23.3 Å². The Kier molecular flexibility index (Phi) is 6.24. The molecule has 0 fully saturated rings. The van der Waals surface area contributed by atoms with Crippen molar-refractivity contribution in [2.45, 2.75) is 52.4 Å². The van der Waals surface area contributed by atoms with E-state index in [0.29, 0.717) is 5.41 Å². The molecule has 0 amide bonds. The summed E-state index contributed by atoms with van der Waals surface area (Å²) >= 11 is 1.74. The topological polar surface area (TPSA) is 12.0 Å². The van der Waals surface area contributed by atoms with Gasteiger partial charge in [0.2, 0.25) is 0 Å². The Labute approximate surface area is 117 Å². The molecule has 102 valence electrons. The summed E-state index contributed by atoms with van der Waals surface area (Å²) in [5, 5.41) is 0. The van der Waals surface area contributed by atoms with Gasteiger partial charge in [-0.1, -0.05) is 51.8 Å². The Balaban J connectivity index is 2.29. The first-order valence-electron chi connectivity index (χ1n) is 6.85. The highest BCUT2D eigenvalue weighted by atomic mass is 32.2. The molecular formula is C16H27NS. The van der Waals surface area contributed by atoms with E-state index in [1.807, 2.05) is 0 Å². The molecule has 0 aliphatic rings. The number of benzene rings is 1. The Hall–Kier alpha value is -0.470. The summed E-state index contributed by atoms with van der Waals surface area (Å²) in [5.41, 5.74) is 1.69. The Morgan fingerprint density at radius 3 is 2.33 bits per heavy atom. The van der Waals surface area contributed by atoms with Crippen molar-refractivity contribution in [3.05, 3.63) is 29.8 Å². The lowest BCUT2D eigenvalue weighted by Gasteiger charge is -2.25. The van der Waals surface area contributed by atoms with Crippen LogP contribution in [0.4, 0.5) is 0 Å². The van der Waals surface area contributed by atoms with E-state index in [0.717, 1.165) is 12.5 Å². The minimum Gasteiger partial charge on any atom is -0.259 e. The molecule has 0 aliphatic carbocycles. The summed E-state index contributed by atoms with van der Waals surface area (Å²) in [6, 6.07) is 8.67. The van der Waals surface area contributed by atoms with E-state index in [9.17, 15) is 0 Å². The average molecular weight is 265 g/mol. The highest BCUT2D eigenvalue weighted by molar-refractivity contribution is 7.97. The van der Waals surface area contributed by atoms with Crippen LogP contribution in [0.3, 0.4) is 0 Å². The third-order valence-corrected chi connectivity index (χ3v) is 3.96. The molecule has 0 atom stereocenters. The van der Waals surface area contributed by atoms with E-state index < -0.39 is 0 Å². The number of hydrogen-bond acceptors (Lipinski definition) is 2. The second-order valence-corrected chi connectivity index (χ2v) is 7.30. The van der Waals surface area contributed by atoms with Gasteiger partial charge in [0.1, 0.15) is 0 Å². The molecule has 0 aliphatic heterocycles. The first kappa shape index (κ1) is 15.6. The first-order chi connectivity index (χ1) is 8.39. The fourth-order valence-electron chi connectivity index (χ4n) is 1.69. The lowest BCUT2D eigenvalue weighted by atomic mass is 9.86. The summed E-state index contributed by atoms with van der Waals surface area (Å²) in [5.74, 6) is 0.800. The monoisotopic (exact) mass is 265 g/mol. The molecule has 0 heterocycles. The molecular weight excluding hydrogens is 238 g/mol. The molecule has 1 aromatic rings. The minimum absolute atomic E-state index is 0.377. The SMILES string of the molecule is Cc1ccc(SNCC(C)(C)CCC(C)C)cc1. The quantitative estimate of drug-likeness (QED) is 0.692. The Morgan fingerprint density at radius 2 is 1.78 bits per heavy atom. The number of nitrogens with one attached hydrogen (secondary N) is 1. The third kappa shape index (κ3) is 6.46. The predicted octanol–water partition coefficient (Wildman–Crippen LogP) is 5.05. The maximum atomic E-state index is 3.50. The van der Waals surface area contributed by atoms with E-state index in [-0.39, 0.29) is 0 Å². The molecule has 0 aromatic heterocycles. The average Bonchev–Trinajstić information content (AvgIpc) is 2.29. The number of hydrogen-bond donors (Lipinski definition) is 1.